The van der Waals surface area contributed by atoms with Gasteiger partial charge in [-0.2, -0.15) is 0 Å². The molecule has 23 heavy (non-hydrogen) atoms. The molecule has 1 aromatic carbocycles. The van der Waals surface area contributed by atoms with Gasteiger partial charge in [-0.1, -0.05) is 30.3 Å². The van der Waals surface area contributed by atoms with E-state index < -0.39 is 10.0 Å². The number of nitrogens with one attached hydrogen (secondary N) is 1. The molecule has 5 nitrogen and oxygen atoms in total. The second-order valence-corrected chi connectivity index (χ2v) is 7.63. The Kier molecular flexibility index (Phi) is 5.60. The summed E-state index contributed by atoms with van der Waals surface area (Å²) in [4.78, 5) is 6.45. The van der Waals surface area contributed by atoms with E-state index in [1.807, 2.05) is 24.3 Å². The Morgan fingerprint density at radius 2 is 1.83 bits per heavy atom. The van der Waals surface area contributed by atoms with E-state index in [0.717, 1.165) is 12.2 Å². The highest BCUT2D eigenvalue weighted by Gasteiger charge is 2.13. The average Bonchev–Trinajstić information content (AvgIpc) is 2.54. The molecule has 124 valence electrons. The van der Waals surface area contributed by atoms with Gasteiger partial charge in [-0.25, -0.2) is 13.4 Å². The predicted molar refractivity (Wildman–Crippen MR) is 95.1 cm³/mol. The van der Waals surface area contributed by atoms with Gasteiger partial charge in [-0.15, -0.1) is 0 Å². The summed E-state index contributed by atoms with van der Waals surface area (Å²) in [6.45, 7) is 6.62. The zero-order chi connectivity index (χ0) is 16.9. The number of anilines is 2. The molecule has 0 saturated carbocycles. The first-order valence-electron chi connectivity index (χ1n) is 7.68. The van der Waals surface area contributed by atoms with E-state index in [0.29, 0.717) is 11.9 Å². The highest BCUT2D eigenvalue weighted by Crippen LogP contribution is 2.21. The van der Waals surface area contributed by atoms with Crippen molar-refractivity contribution in [2.75, 3.05) is 15.4 Å². The van der Waals surface area contributed by atoms with Crippen LogP contribution >= 0.6 is 0 Å². The van der Waals surface area contributed by atoms with Crippen LogP contribution in [0.1, 0.15) is 26.3 Å². The number of hydrogen-bond acceptors (Lipinski definition) is 4. The summed E-state index contributed by atoms with van der Waals surface area (Å²) in [5.41, 5.74) is 2.18. The molecule has 0 fully saturated rings. The Balaban J connectivity index is 2.17. The minimum Gasteiger partial charge on any atom is -0.364 e. The summed E-state index contributed by atoms with van der Waals surface area (Å²) < 4.78 is 25.6. The summed E-state index contributed by atoms with van der Waals surface area (Å²) in [6, 6.07) is 14.1. The maximum absolute atomic E-state index is 11.6. The van der Waals surface area contributed by atoms with Crippen LogP contribution < -0.4 is 9.62 Å². The zero-order valence-corrected chi connectivity index (χ0v) is 14.5. The van der Waals surface area contributed by atoms with E-state index >= 15 is 0 Å². The molecule has 0 aliphatic rings. The lowest BCUT2D eigenvalue weighted by Crippen LogP contribution is -2.30. The van der Waals surface area contributed by atoms with Crippen molar-refractivity contribution in [3.05, 3.63) is 54.2 Å². The van der Waals surface area contributed by atoms with Crippen LogP contribution in [0.5, 0.6) is 0 Å². The molecule has 6 heteroatoms. The van der Waals surface area contributed by atoms with Gasteiger partial charge in [-0.05, 0) is 38.5 Å². The van der Waals surface area contributed by atoms with Crippen LogP contribution in [-0.2, 0) is 16.6 Å². The molecule has 2 aromatic rings. The molecule has 0 aliphatic heterocycles. The number of aromatic nitrogens is 1. The fourth-order valence-corrected chi connectivity index (χ4v) is 2.78. The summed E-state index contributed by atoms with van der Waals surface area (Å²) in [5, 5.41) is 0. The van der Waals surface area contributed by atoms with Crippen molar-refractivity contribution in [1.82, 2.24) is 4.98 Å². The number of hydrogen-bond donors (Lipinski definition) is 1. The van der Waals surface area contributed by atoms with Crippen LogP contribution in [0.4, 0.5) is 11.5 Å². The fourth-order valence-electron chi connectivity index (χ4n) is 2.20. The third-order valence-corrected chi connectivity index (χ3v) is 4.82. The maximum atomic E-state index is 11.6. The van der Waals surface area contributed by atoms with Crippen molar-refractivity contribution in [1.29, 1.82) is 0 Å². The first-order valence-corrected chi connectivity index (χ1v) is 9.33. The van der Waals surface area contributed by atoms with Crippen molar-refractivity contribution in [3.8, 4) is 0 Å². The molecular weight excluding hydrogens is 310 g/mol. The molecule has 1 N–H and O–H groups in total. The van der Waals surface area contributed by atoms with E-state index in [2.05, 4.69) is 40.6 Å². The van der Waals surface area contributed by atoms with Crippen molar-refractivity contribution in [3.63, 3.8) is 0 Å². The van der Waals surface area contributed by atoms with Crippen molar-refractivity contribution < 1.29 is 8.42 Å². The Morgan fingerprint density at radius 1 is 1.13 bits per heavy atom. The van der Waals surface area contributed by atoms with Gasteiger partial charge < -0.3 is 4.90 Å². The lowest BCUT2D eigenvalue weighted by atomic mass is 10.1. The molecule has 0 bridgehead atoms. The van der Waals surface area contributed by atoms with E-state index in [1.165, 1.54) is 5.56 Å². The van der Waals surface area contributed by atoms with Gasteiger partial charge in [-0.3, -0.25) is 4.72 Å². The smallest absolute Gasteiger partial charge is 0.233 e. The van der Waals surface area contributed by atoms with Gasteiger partial charge in [0.05, 0.1) is 17.6 Å². The molecule has 0 aliphatic carbocycles. The standard InChI is InChI=1S/C17H23N3O2S/c1-4-23(21,22)19-17-11-10-16(12-18-17)20(14(2)3)13-15-8-6-5-7-9-15/h5-12,14H,4,13H2,1-3H3,(H,18,19). The summed E-state index contributed by atoms with van der Waals surface area (Å²) in [5.74, 6) is 0.377. The average molecular weight is 333 g/mol. The molecule has 1 aromatic heterocycles. The minimum atomic E-state index is -3.30. The largest absolute Gasteiger partial charge is 0.364 e. The van der Waals surface area contributed by atoms with Gasteiger partial charge in [0.2, 0.25) is 10.0 Å². The summed E-state index contributed by atoms with van der Waals surface area (Å²) in [6.07, 6.45) is 1.70. The third-order valence-electron chi connectivity index (χ3n) is 3.54. The molecule has 0 atom stereocenters. The Bertz CT molecular complexity index is 713. The lowest BCUT2D eigenvalue weighted by Gasteiger charge is -2.29. The van der Waals surface area contributed by atoms with Crippen LogP contribution in [0.25, 0.3) is 0 Å². The quantitative estimate of drug-likeness (QED) is 0.845. The fraction of sp³-hybridized carbons (Fsp3) is 0.353. The van der Waals surface area contributed by atoms with Crippen LogP contribution in [-0.4, -0.2) is 25.2 Å². The van der Waals surface area contributed by atoms with Crippen LogP contribution in [0.15, 0.2) is 48.7 Å². The highest BCUT2D eigenvalue weighted by atomic mass is 32.2. The summed E-state index contributed by atoms with van der Waals surface area (Å²) >= 11 is 0. The Hall–Kier alpha value is -2.08. The number of benzene rings is 1. The van der Waals surface area contributed by atoms with Crippen LogP contribution in [0, 0.1) is 0 Å². The zero-order valence-electron chi connectivity index (χ0n) is 13.7. The van der Waals surface area contributed by atoms with E-state index in [4.69, 9.17) is 0 Å². The van der Waals surface area contributed by atoms with E-state index in [-0.39, 0.29) is 5.75 Å². The molecule has 0 saturated heterocycles. The van der Waals surface area contributed by atoms with Gasteiger partial charge in [0.15, 0.2) is 0 Å². The Labute approximate surface area is 138 Å². The molecule has 0 radical (unpaired) electrons. The molecule has 0 amide bonds. The van der Waals surface area contributed by atoms with E-state index in [9.17, 15) is 8.42 Å². The van der Waals surface area contributed by atoms with Crippen LogP contribution in [0.3, 0.4) is 0 Å². The predicted octanol–water partition coefficient (Wildman–Crippen LogP) is 3.26. The summed E-state index contributed by atoms with van der Waals surface area (Å²) in [7, 11) is -3.30. The SMILES string of the molecule is CCS(=O)(=O)Nc1ccc(N(Cc2ccccc2)C(C)C)cn1. The van der Waals surface area contributed by atoms with Crippen molar-refractivity contribution in [2.24, 2.45) is 0 Å². The molecular formula is C17H23N3O2S. The third kappa shape index (κ3) is 4.96. The number of rotatable bonds is 7. The topological polar surface area (TPSA) is 62.3 Å². The monoisotopic (exact) mass is 333 g/mol. The first kappa shape index (κ1) is 17.3. The van der Waals surface area contributed by atoms with Gasteiger partial charge >= 0.3 is 0 Å². The highest BCUT2D eigenvalue weighted by molar-refractivity contribution is 7.92. The molecule has 0 spiro atoms. The normalized spacial score (nSPS) is 11.5. The van der Waals surface area contributed by atoms with Crippen LogP contribution in [0.2, 0.25) is 0 Å². The van der Waals surface area contributed by atoms with Gasteiger partial charge in [0.1, 0.15) is 5.82 Å². The Morgan fingerprint density at radius 3 is 2.35 bits per heavy atom. The molecule has 0 unspecified atom stereocenters. The van der Waals surface area contributed by atoms with Gasteiger partial charge in [0, 0.05) is 12.6 Å². The van der Waals surface area contributed by atoms with Crippen molar-refractivity contribution >= 4 is 21.5 Å². The second kappa shape index (κ2) is 7.46. The molecule has 2 rings (SSSR count). The number of sulfonamides is 1. The number of nitrogens with zero attached hydrogens (tertiary/aromatic N) is 2. The van der Waals surface area contributed by atoms with Gasteiger partial charge in [0.25, 0.3) is 0 Å². The minimum absolute atomic E-state index is 0.0303. The maximum Gasteiger partial charge on any atom is 0.233 e. The van der Waals surface area contributed by atoms with E-state index in [1.54, 1.807) is 19.2 Å². The van der Waals surface area contributed by atoms with Crippen molar-refractivity contribution in [2.45, 2.75) is 33.4 Å². The second-order valence-electron chi connectivity index (χ2n) is 5.61. The molecule has 1 heterocycles. The number of pyridine rings is 1. The lowest BCUT2D eigenvalue weighted by molar-refractivity contribution is 0.602. The first-order chi connectivity index (χ1) is 10.9.